The summed E-state index contributed by atoms with van der Waals surface area (Å²) in [7, 11) is -1.80. The van der Waals surface area contributed by atoms with E-state index < -0.39 is 10.0 Å². The Labute approximate surface area is 127 Å². The summed E-state index contributed by atoms with van der Waals surface area (Å²) in [6.45, 7) is 0.100. The molecule has 0 bridgehead atoms. The third kappa shape index (κ3) is 2.86. The molecule has 0 radical (unpaired) electrons. The first-order valence-corrected chi connectivity index (χ1v) is 8.09. The van der Waals surface area contributed by atoms with Gasteiger partial charge in [-0.05, 0) is 35.9 Å². The number of halogens is 1. The van der Waals surface area contributed by atoms with Gasteiger partial charge in [0.15, 0.2) is 0 Å². The third-order valence-corrected chi connectivity index (χ3v) is 4.79. The van der Waals surface area contributed by atoms with Crippen molar-refractivity contribution in [1.29, 1.82) is 0 Å². The lowest BCUT2D eigenvalue weighted by Crippen LogP contribution is -2.23. The number of nitrogens with one attached hydrogen (secondary N) is 1. The quantitative estimate of drug-likeness (QED) is 0.802. The second-order valence-corrected chi connectivity index (χ2v) is 6.72. The van der Waals surface area contributed by atoms with E-state index in [4.69, 9.17) is 0 Å². The SMILES string of the molecule is Cn1cnc2cc(S(=O)(=O)NCc3ccc(F)cc3)ccc21. The Balaban J connectivity index is 1.83. The molecule has 0 fully saturated rings. The van der Waals surface area contributed by atoms with Crippen LogP contribution in [0, 0.1) is 5.82 Å². The molecule has 0 saturated heterocycles. The summed E-state index contributed by atoms with van der Waals surface area (Å²) in [5.41, 5.74) is 2.16. The Morgan fingerprint density at radius 2 is 1.91 bits per heavy atom. The van der Waals surface area contributed by atoms with Crippen LogP contribution in [0.4, 0.5) is 4.39 Å². The number of hydrogen-bond acceptors (Lipinski definition) is 3. The number of imidazole rings is 1. The van der Waals surface area contributed by atoms with Gasteiger partial charge < -0.3 is 4.57 Å². The molecule has 5 nitrogen and oxygen atoms in total. The lowest BCUT2D eigenvalue weighted by molar-refractivity contribution is 0.581. The van der Waals surface area contributed by atoms with Crippen LogP contribution in [-0.4, -0.2) is 18.0 Å². The second kappa shape index (κ2) is 5.51. The Morgan fingerprint density at radius 1 is 1.18 bits per heavy atom. The summed E-state index contributed by atoms with van der Waals surface area (Å²) >= 11 is 0. The van der Waals surface area contributed by atoms with E-state index in [-0.39, 0.29) is 17.3 Å². The number of sulfonamides is 1. The van der Waals surface area contributed by atoms with E-state index in [1.54, 1.807) is 24.5 Å². The summed E-state index contributed by atoms with van der Waals surface area (Å²) < 4.78 is 41.7. The Bertz CT molecular complexity index is 918. The molecule has 3 aromatic rings. The first-order valence-electron chi connectivity index (χ1n) is 6.61. The van der Waals surface area contributed by atoms with Crippen molar-refractivity contribution in [2.24, 2.45) is 7.05 Å². The summed E-state index contributed by atoms with van der Waals surface area (Å²) in [4.78, 5) is 4.30. The molecule has 7 heteroatoms. The highest BCUT2D eigenvalue weighted by molar-refractivity contribution is 7.89. The average Bonchev–Trinajstić information content (AvgIpc) is 2.88. The molecule has 0 aliphatic rings. The summed E-state index contributed by atoms with van der Waals surface area (Å²) in [6.07, 6.45) is 1.63. The van der Waals surface area contributed by atoms with Gasteiger partial charge in [0.2, 0.25) is 10.0 Å². The van der Waals surface area contributed by atoms with Crippen LogP contribution in [0.1, 0.15) is 5.56 Å². The van der Waals surface area contributed by atoms with Crippen LogP contribution < -0.4 is 4.72 Å². The molecular formula is C15H14FN3O2S. The van der Waals surface area contributed by atoms with Gasteiger partial charge in [0, 0.05) is 13.6 Å². The fraction of sp³-hybridized carbons (Fsp3) is 0.133. The minimum absolute atomic E-state index is 0.100. The largest absolute Gasteiger partial charge is 0.334 e. The van der Waals surface area contributed by atoms with Crippen molar-refractivity contribution in [1.82, 2.24) is 14.3 Å². The predicted molar refractivity (Wildman–Crippen MR) is 81.1 cm³/mol. The number of fused-ring (bicyclic) bond motifs is 1. The van der Waals surface area contributed by atoms with Gasteiger partial charge in [-0.3, -0.25) is 0 Å². The maximum atomic E-state index is 12.8. The summed E-state index contributed by atoms with van der Waals surface area (Å²) in [6, 6.07) is 10.5. The van der Waals surface area contributed by atoms with E-state index in [0.717, 1.165) is 5.52 Å². The molecule has 0 saturated carbocycles. The summed E-state index contributed by atoms with van der Waals surface area (Å²) in [5, 5.41) is 0. The predicted octanol–water partition coefficient (Wildman–Crippen LogP) is 2.19. The minimum Gasteiger partial charge on any atom is -0.334 e. The van der Waals surface area contributed by atoms with Gasteiger partial charge >= 0.3 is 0 Å². The first-order chi connectivity index (χ1) is 10.5. The Hall–Kier alpha value is -2.25. The molecule has 3 rings (SSSR count). The standard InChI is InChI=1S/C15H14FN3O2S/c1-19-10-17-14-8-13(6-7-15(14)19)22(20,21)18-9-11-2-4-12(16)5-3-11/h2-8,10,18H,9H2,1H3. The van der Waals surface area contributed by atoms with Crippen LogP contribution in [0.15, 0.2) is 53.7 Å². The molecule has 1 heterocycles. The van der Waals surface area contributed by atoms with Crippen molar-refractivity contribution in [3.63, 3.8) is 0 Å². The van der Waals surface area contributed by atoms with Gasteiger partial charge in [-0.15, -0.1) is 0 Å². The smallest absolute Gasteiger partial charge is 0.240 e. The highest BCUT2D eigenvalue weighted by atomic mass is 32.2. The highest BCUT2D eigenvalue weighted by Gasteiger charge is 2.15. The summed E-state index contributed by atoms with van der Waals surface area (Å²) in [5.74, 6) is -0.354. The van der Waals surface area contributed by atoms with Gasteiger partial charge in [0.25, 0.3) is 0 Å². The maximum absolute atomic E-state index is 12.8. The van der Waals surface area contributed by atoms with Crippen LogP contribution in [0.3, 0.4) is 0 Å². The molecule has 0 amide bonds. The molecule has 2 aromatic carbocycles. The molecule has 0 aliphatic heterocycles. The van der Waals surface area contributed by atoms with Crippen LogP contribution >= 0.6 is 0 Å². The monoisotopic (exact) mass is 319 g/mol. The molecule has 0 spiro atoms. The minimum atomic E-state index is -3.64. The van der Waals surface area contributed by atoms with E-state index in [1.165, 1.54) is 24.3 Å². The zero-order valence-electron chi connectivity index (χ0n) is 11.8. The number of benzene rings is 2. The number of nitrogens with zero attached hydrogens (tertiary/aromatic N) is 2. The van der Waals surface area contributed by atoms with Crippen LogP contribution in [0.5, 0.6) is 0 Å². The van der Waals surface area contributed by atoms with Gasteiger partial charge in [-0.2, -0.15) is 0 Å². The van der Waals surface area contributed by atoms with Gasteiger partial charge in [-0.1, -0.05) is 12.1 Å². The zero-order chi connectivity index (χ0) is 15.7. The maximum Gasteiger partial charge on any atom is 0.240 e. The van der Waals surface area contributed by atoms with E-state index in [9.17, 15) is 12.8 Å². The van der Waals surface area contributed by atoms with E-state index >= 15 is 0 Å². The zero-order valence-corrected chi connectivity index (χ0v) is 12.6. The normalized spacial score (nSPS) is 11.9. The Kier molecular flexibility index (Phi) is 3.67. The van der Waals surface area contributed by atoms with Crippen molar-refractivity contribution in [2.75, 3.05) is 0 Å². The second-order valence-electron chi connectivity index (χ2n) is 4.96. The fourth-order valence-corrected chi connectivity index (χ4v) is 3.18. The fourth-order valence-electron chi connectivity index (χ4n) is 2.15. The van der Waals surface area contributed by atoms with E-state index in [0.29, 0.717) is 11.1 Å². The van der Waals surface area contributed by atoms with Crippen LogP contribution in [-0.2, 0) is 23.6 Å². The molecule has 22 heavy (non-hydrogen) atoms. The van der Waals surface area contributed by atoms with Crippen molar-refractivity contribution < 1.29 is 12.8 Å². The molecule has 0 unspecified atom stereocenters. The molecular weight excluding hydrogens is 305 g/mol. The lowest BCUT2D eigenvalue weighted by atomic mass is 10.2. The molecule has 0 atom stereocenters. The van der Waals surface area contributed by atoms with Crippen molar-refractivity contribution >= 4 is 21.1 Å². The average molecular weight is 319 g/mol. The molecule has 1 N–H and O–H groups in total. The van der Waals surface area contributed by atoms with Gasteiger partial charge in [-0.25, -0.2) is 22.5 Å². The molecule has 0 aliphatic carbocycles. The first kappa shape index (κ1) is 14.7. The van der Waals surface area contributed by atoms with Crippen LogP contribution in [0.2, 0.25) is 0 Å². The van der Waals surface area contributed by atoms with E-state index in [1.807, 2.05) is 11.6 Å². The Morgan fingerprint density at radius 3 is 2.64 bits per heavy atom. The van der Waals surface area contributed by atoms with Crippen LogP contribution in [0.25, 0.3) is 11.0 Å². The van der Waals surface area contributed by atoms with Crippen molar-refractivity contribution in [2.45, 2.75) is 11.4 Å². The molecule has 1 aromatic heterocycles. The number of aryl methyl sites for hydroxylation is 1. The van der Waals surface area contributed by atoms with E-state index in [2.05, 4.69) is 9.71 Å². The van der Waals surface area contributed by atoms with Crippen molar-refractivity contribution in [3.05, 3.63) is 60.2 Å². The number of rotatable bonds is 4. The van der Waals surface area contributed by atoms with Gasteiger partial charge in [0.05, 0.1) is 22.3 Å². The highest BCUT2D eigenvalue weighted by Crippen LogP contribution is 2.17. The number of hydrogen-bond donors (Lipinski definition) is 1. The lowest BCUT2D eigenvalue weighted by Gasteiger charge is -2.07. The number of aromatic nitrogens is 2. The third-order valence-electron chi connectivity index (χ3n) is 3.39. The molecule has 114 valence electrons. The topological polar surface area (TPSA) is 64.0 Å². The van der Waals surface area contributed by atoms with Gasteiger partial charge in [0.1, 0.15) is 5.82 Å². The van der Waals surface area contributed by atoms with Crippen molar-refractivity contribution in [3.8, 4) is 0 Å².